The zero-order valence-corrected chi connectivity index (χ0v) is 14.8. The van der Waals surface area contributed by atoms with E-state index in [1.54, 1.807) is 30.5 Å². The van der Waals surface area contributed by atoms with Crippen LogP contribution in [0.3, 0.4) is 0 Å². The molecule has 27 heavy (non-hydrogen) atoms. The first-order valence-corrected chi connectivity index (χ1v) is 8.87. The van der Waals surface area contributed by atoms with Crippen molar-refractivity contribution in [3.05, 3.63) is 41.6 Å². The molecule has 1 saturated heterocycles. The Hall–Kier alpha value is -3.13. The summed E-state index contributed by atoms with van der Waals surface area (Å²) >= 11 is 0. The van der Waals surface area contributed by atoms with Gasteiger partial charge in [0.15, 0.2) is 23.6 Å². The van der Waals surface area contributed by atoms with E-state index in [0.29, 0.717) is 42.1 Å². The smallest absolute Gasteiger partial charge is 0.255 e. The normalized spacial score (nSPS) is 15.9. The molecule has 1 aromatic carbocycles. The zero-order valence-electron chi connectivity index (χ0n) is 14.8. The standard InChI is InChI=1S/C19H20N4O4/c20-27-16-10-15(4-3-13(16)12-24)23-7-8-26-17-9-14(11-21-18(17)23)19(25)22-5-1-2-6-22/h3-4,9-12H,1-2,5-8,20H2. The second-order valence-corrected chi connectivity index (χ2v) is 6.50. The highest BCUT2D eigenvalue weighted by molar-refractivity contribution is 5.95. The minimum atomic E-state index is -0.0160. The number of amides is 1. The molecule has 3 heterocycles. The van der Waals surface area contributed by atoms with Gasteiger partial charge in [-0.1, -0.05) is 0 Å². The Morgan fingerprint density at radius 3 is 2.78 bits per heavy atom. The Balaban J connectivity index is 1.65. The monoisotopic (exact) mass is 368 g/mol. The maximum atomic E-state index is 12.6. The van der Waals surface area contributed by atoms with Crippen LogP contribution in [0.25, 0.3) is 0 Å². The minimum absolute atomic E-state index is 0.0160. The van der Waals surface area contributed by atoms with Gasteiger partial charge in [-0.25, -0.2) is 4.98 Å². The molecule has 2 aliphatic rings. The molecule has 0 radical (unpaired) electrons. The van der Waals surface area contributed by atoms with Crippen molar-refractivity contribution in [2.75, 3.05) is 31.1 Å². The molecule has 8 nitrogen and oxygen atoms in total. The number of nitrogens with two attached hydrogens (primary N) is 1. The molecule has 0 unspecified atom stereocenters. The largest absolute Gasteiger partial charge is 0.488 e. The lowest BCUT2D eigenvalue weighted by Crippen LogP contribution is -2.31. The van der Waals surface area contributed by atoms with Gasteiger partial charge in [-0.15, -0.1) is 0 Å². The highest BCUT2D eigenvalue weighted by Crippen LogP contribution is 2.37. The van der Waals surface area contributed by atoms with Gasteiger partial charge in [-0.2, -0.15) is 5.90 Å². The number of hydrogen-bond donors (Lipinski definition) is 1. The summed E-state index contributed by atoms with van der Waals surface area (Å²) in [5.74, 6) is 6.71. The van der Waals surface area contributed by atoms with Gasteiger partial charge in [-0.05, 0) is 31.0 Å². The van der Waals surface area contributed by atoms with Crippen LogP contribution in [0.1, 0.15) is 33.6 Å². The van der Waals surface area contributed by atoms with E-state index in [1.807, 2.05) is 9.80 Å². The van der Waals surface area contributed by atoms with Crippen LogP contribution >= 0.6 is 0 Å². The van der Waals surface area contributed by atoms with E-state index in [4.69, 9.17) is 15.5 Å². The first kappa shape index (κ1) is 17.3. The Morgan fingerprint density at radius 1 is 1.22 bits per heavy atom. The van der Waals surface area contributed by atoms with Gasteiger partial charge >= 0.3 is 0 Å². The molecular weight excluding hydrogens is 348 g/mol. The Kier molecular flexibility index (Phi) is 4.64. The van der Waals surface area contributed by atoms with Gasteiger partial charge < -0.3 is 19.4 Å². The number of aromatic nitrogens is 1. The number of aldehydes is 1. The topological polar surface area (TPSA) is 98.0 Å². The van der Waals surface area contributed by atoms with Crippen LogP contribution in [0.2, 0.25) is 0 Å². The average molecular weight is 368 g/mol. The van der Waals surface area contributed by atoms with Crippen LogP contribution in [0.4, 0.5) is 11.5 Å². The summed E-state index contributed by atoms with van der Waals surface area (Å²) in [6.07, 6.45) is 4.35. The van der Waals surface area contributed by atoms with E-state index in [1.165, 1.54) is 0 Å². The second kappa shape index (κ2) is 7.24. The van der Waals surface area contributed by atoms with Crippen molar-refractivity contribution in [3.8, 4) is 11.5 Å². The summed E-state index contributed by atoms with van der Waals surface area (Å²) in [6.45, 7) is 2.59. The molecule has 2 N–H and O–H groups in total. The van der Waals surface area contributed by atoms with E-state index < -0.39 is 0 Å². The number of benzene rings is 1. The molecule has 140 valence electrons. The summed E-state index contributed by atoms with van der Waals surface area (Å²) in [6, 6.07) is 6.87. The highest BCUT2D eigenvalue weighted by atomic mass is 16.6. The first-order valence-electron chi connectivity index (χ1n) is 8.87. The molecule has 0 aliphatic carbocycles. The van der Waals surface area contributed by atoms with Crippen LogP contribution in [0.5, 0.6) is 11.5 Å². The van der Waals surface area contributed by atoms with Crippen LogP contribution < -0.4 is 20.4 Å². The Bertz CT molecular complexity index is 880. The average Bonchev–Trinajstić information content (AvgIpc) is 3.26. The third kappa shape index (κ3) is 3.19. The number of nitrogens with zero attached hydrogens (tertiary/aromatic N) is 3. The lowest BCUT2D eigenvalue weighted by Gasteiger charge is -2.30. The molecule has 0 bridgehead atoms. The van der Waals surface area contributed by atoms with Crippen molar-refractivity contribution in [3.63, 3.8) is 0 Å². The van der Waals surface area contributed by atoms with Crippen molar-refractivity contribution in [2.24, 2.45) is 5.90 Å². The van der Waals surface area contributed by atoms with Gasteiger partial charge in [0.1, 0.15) is 6.61 Å². The number of hydrogen-bond acceptors (Lipinski definition) is 7. The predicted octanol–water partition coefficient (Wildman–Crippen LogP) is 1.91. The fourth-order valence-electron chi connectivity index (χ4n) is 3.46. The number of likely N-dealkylation sites (tertiary alicyclic amines) is 1. The zero-order chi connectivity index (χ0) is 18.8. The molecule has 0 saturated carbocycles. The summed E-state index contributed by atoms with van der Waals surface area (Å²) in [5.41, 5.74) is 1.67. The second-order valence-electron chi connectivity index (χ2n) is 6.50. The number of anilines is 2. The fourth-order valence-corrected chi connectivity index (χ4v) is 3.46. The van der Waals surface area contributed by atoms with Crippen molar-refractivity contribution in [1.29, 1.82) is 0 Å². The molecule has 0 atom stereocenters. The van der Waals surface area contributed by atoms with Gasteiger partial charge in [0.05, 0.1) is 17.7 Å². The summed E-state index contributed by atoms with van der Waals surface area (Å²) in [7, 11) is 0. The maximum Gasteiger partial charge on any atom is 0.255 e. The third-order valence-electron chi connectivity index (χ3n) is 4.86. The number of pyridine rings is 1. The number of carbonyl (C=O) groups is 2. The molecule has 1 amide bonds. The van der Waals surface area contributed by atoms with Crippen LogP contribution in [-0.2, 0) is 0 Å². The number of carbonyl (C=O) groups excluding carboxylic acids is 2. The summed E-state index contributed by atoms with van der Waals surface area (Å²) in [4.78, 5) is 36.7. The number of rotatable bonds is 4. The van der Waals surface area contributed by atoms with E-state index in [2.05, 4.69) is 4.98 Å². The quantitative estimate of drug-likeness (QED) is 0.650. The van der Waals surface area contributed by atoms with Gasteiger partial charge in [0, 0.05) is 31.0 Å². The van der Waals surface area contributed by atoms with Crippen molar-refractivity contribution < 1.29 is 19.2 Å². The van der Waals surface area contributed by atoms with E-state index >= 15 is 0 Å². The van der Waals surface area contributed by atoms with Crippen molar-refractivity contribution in [1.82, 2.24) is 9.88 Å². The Morgan fingerprint density at radius 2 is 2.04 bits per heavy atom. The molecular formula is C19H20N4O4. The Labute approximate surface area is 156 Å². The lowest BCUT2D eigenvalue weighted by atomic mass is 10.1. The van der Waals surface area contributed by atoms with Crippen LogP contribution in [0.15, 0.2) is 30.5 Å². The first-order chi connectivity index (χ1) is 13.2. The summed E-state index contributed by atoms with van der Waals surface area (Å²) < 4.78 is 5.74. The molecule has 8 heteroatoms. The summed E-state index contributed by atoms with van der Waals surface area (Å²) in [5, 5.41) is 0. The number of ether oxygens (including phenoxy) is 1. The van der Waals surface area contributed by atoms with Crippen LogP contribution in [0, 0.1) is 0 Å². The third-order valence-corrected chi connectivity index (χ3v) is 4.86. The van der Waals surface area contributed by atoms with Gasteiger partial charge in [-0.3, -0.25) is 9.59 Å². The molecule has 1 fully saturated rings. The fraction of sp³-hybridized carbons (Fsp3) is 0.316. The van der Waals surface area contributed by atoms with E-state index in [9.17, 15) is 9.59 Å². The minimum Gasteiger partial charge on any atom is -0.488 e. The van der Waals surface area contributed by atoms with Crippen molar-refractivity contribution in [2.45, 2.75) is 12.8 Å². The molecule has 2 aromatic rings. The van der Waals surface area contributed by atoms with Crippen LogP contribution in [-0.4, -0.2) is 48.3 Å². The maximum absolute atomic E-state index is 12.6. The molecule has 2 aliphatic heterocycles. The number of fused-ring (bicyclic) bond motifs is 1. The van der Waals surface area contributed by atoms with Crippen molar-refractivity contribution >= 4 is 23.7 Å². The van der Waals surface area contributed by atoms with Gasteiger partial charge in [0.2, 0.25) is 0 Å². The molecule has 1 aromatic heterocycles. The molecule has 4 rings (SSSR count). The van der Waals surface area contributed by atoms with E-state index in [-0.39, 0.29) is 11.7 Å². The lowest BCUT2D eigenvalue weighted by molar-refractivity contribution is 0.0791. The highest BCUT2D eigenvalue weighted by Gasteiger charge is 2.26. The van der Waals surface area contributed by atoms with E-state index in [0.717, 1.165) is 31.6 Å². The predicted molar refractivity (Wildman–Crippen MR) is 98.5 cm³/mol. The molecule has 0 spiro atoms. The SMILES string of the molecule is NOc1cc(N2CCOc3cc(C(=O)N4CCCC4)cnc32)ccc1C=O. The van der Waals surface area contributed by atoms with Gasteiger partial charge in [0.25, 0.3) is 5.91 Å².